The summed E-state index contributed by atoms with van der Waals surface area (Å²) in [5.41, 5.74) is 0.871. The van der Waals surface area contributed by atoms with E-state index < -0.39 is 9.89 Å². The van der Waals surface area contributed by atoms with Crippen LogP contribution in [0.1, 0.15) is 11.4 Å². The summed E-state index contributed by atoms with van der Waals surface area (Å²) < 4.78 is 3.43. The average Bonchev–Trinajstić information content (AvgIpc) is 2.53. The van der Waals surface area contributed by atoms with Crippen molar-refractivity contribution in [3.05, 3.63) is 51.8 Å². The number of benzene rings is 1. The molecule has 0 saturated carbocycles. The van der Waals surface area contributed by atoms with Gasteiger partial charge in [0.15, 0.2) is 5.75 Å². The van der Waals surface area contributed by atoms with E-state index in [1.807, 2.05) is 6.07 Å². The number of hydrogen-bond acceptors (Lipinski definition) is 3. The maximum atomic E-state index is 12.4. The topological polar surface area (TPSA) is 42.4 Å². The second kappa shape index (κ2) is 7.54. The molecule has 0 aliphatic rings. The highest BCUT2D eigenvalue weighted by Gasteiger charge is 2.32. The van der Waals surface area contributed by atoms with Crippen molar-refractivity contribution in [2.75, 3.05) is 11.9 Å². The van der Waals surface area contributed by atoms with Gasteiger partial charge in [0.05, 0.1) is 5.69 Å². The number of para-hydroxylation sites is 1. The van der Waals surface area contributed by atoms with Crippen LogP contribution in [0, 0.1) is 6.92 Å². The van der Waals surface area contributed by atoms with E-state index in [4.69, 9.17) is 62.7 Å². The minimum absolute atomic E-state index is 0.0628. The van der Waals surface area contributed by atoms with Crippen molar-refractivity contribution in [2.24, 2.45) is 0 Å². The van der Waals surface area contributed by atoms with Crippen molar-refractivity contribution in [3.8, 4) is 5.75 Å². The average molecular weight is 429 g/mol. The third kappa shape index (κ3) is 4.19. The normalized spacial score (nSPS) is 11.3. The molecule has 1 amide bonds. The van der Waals surface area contributed by atoms with Gasteiger partial charge in [-0.3, -0.25) is 9.88 Å². The zero-order valence-corrected chi connectivity index (χ0v) is 16.3. The number of aromatic nitrogens is 1. The van der Waals surface area contributed by atoms with Crippen LogP contribution in [0.3, 0.4) is 0 Å². The zero-order chi connectivity index (χ0) is 18.1. The number of alkyl halides is 3. The molecule has 0 N–H and O–H groups in total. The smallest absolute Gasteiger partial charge is 0.407 e. The molecular formula is C15H11Cl5N2O2. The van der Waals surface area contributed by atoms with Crippen LogP contribution in [0.25, 0.3) is 0 Å². The van der Waals surface area contributed by atoms with Gasteiger partial charge in [0.2, 0.25) is 3.79 Å². The van der Waals surface area contributed by atoms with Crippen LogP contribution >= 0.6 is 58.0 Å². The van der Waals surface area contributed by atoms with E-state index in [2.05, 4.69) is 4.98 Å². The van der Waals surface area contributed by atoms with Gasteiger partial charge in [-0.05, 0) is 19.1 Å². The third-order valence-electron chi connectivity index (χ3n) is 3.08. The number of rotatable bonds is 2. The molecule has 1 aromatic heterocycles. The Morgan fingerprint density at radius 1 is 1.12 bits per heavy atom. The quantitative estimate of drug-likeness (QED) is 0.538. The number of nitrogens with zero attached hydrogens (tertiary/aromatic N) is 2. The van der Waals surface area contributed by atoms with Crippen LogP contribution in [-0.2, 0) is 3.79 Å². The lowest BCUT2D eigenvalue weighted by Gasteiger charge is -2.20. The molecule has 1 heterocycles. The Kier molecular flexibility index (Phi) is 6.10. The van der Waals surface area contributed by atoms with Gasteiger partial charge in [-0.25, -0.2) is 4.79 Å². The number of carbonyl (C=O) groups is 1. The summed E-state index contributed by atoms with van der Waals surface area (Å²) in [5, 5.41) is -0.0757. The number of hydrogen-bond donors (Lipinski definition) is 0. The molecule has 1 aromatic carbocycles. The second-order valence-corrected chi connectivity index (χ2v) is 7.80. The first kappa shape index (κ1) is 19.4. The van der Waals surface area contributed by atoms with Crippen LogP contribution in [0.4, 0.5) is 10.5 Å². The van der Waals surface area contributed by atoms with Gasteiger partial charge in [-0.2, -0.15) is 0 Å². The number of ether oxygens (including phenoxy) is 1. The fourth-order valence-electron chi connectivity index (χ4n) is 1.82. The first-order valence-electron chi connectivity index (χ1n) is 6.56. The highest BCUT2D eigenvalue weighted by atomic mass is 35.6. The maximum absolute atomic E-state index is 12.4. The van der Waals surface area contributed by atoms with E-state index >= 15 is 0 Å². The van der Waals surface area contributed by atoms with Gasteiger partial charge in [0, 0.05) is 12.7 Å². The third-order valence-corrected chi connectivity index (χ3v) is 4.41. The van der Waals surface area contributed by atoms with Crippen LogP contribution < -0.4 is 9.64 Å². The summed E-state index contributed by atoms with van der Waals surface area (Å²) in [6, 6.07) is 8.90. The van der Waals surface area contributed by atoms with Gasteiger partial charge < -0.3 is 4.74 Å². The fraction of sp³-hybridized carbons (Fsp3) is 0.200. The summed E-state index contributed by atoms with van der Waals surface area (Å²) in [4.78, 5) is 17.7. The largest absolute Gasteiger partial charge is 0.419 e. The molecule has 0 unspecified atom stereocenters. The highest BCUT2D eigenvalue weighted by Crippen LogP contribution is 2.46. The SMILES string of the molecule is Cc1nc(C(Cl)(Cl)Cl)c(Cl)c(OC(=O)N(C)c2ccccc2)c1Cl. The summed E-state index contributed by atoms with van der Waals surface area (Å²) in [5.74, 6) is -0.111. The minimum atomic E-state index is -1.89. The van der Waals surface area contributed by atoms with Gasteiger partial charge in [0.25, 0.3) is 0 Å². The van der Waals surface area contributed by atoms with Crippen molar-refractivity contribution in [1.82, 2.24) is 4.98 Å². The monoisotopic (exact) mass is 426 g/mol. The Balaban J connectivity index is 2.39. The van der Waals surface area contributed by atoms with E-state index in [9.17, 15) is 4.79 Å². The Labute approximate surface area is 164 Å². The van der Waals surface area contributed by atoms with Gasteiger partial charge >= 0.3 is 6.09 Å². The predicted octanol–water partition coefficient (Wildman–Crippen LogP) is 6.16. The van der Waals surface area contributed by atoms with Crippen molar-refractivity contribution in [1.29, 1.82) is 0 Å². The molecule has 0 atom stereocenters. The maximum Gasteiger partial charge on any atom is 0.419 e. The fourth-order valence-corrected chi connectivity index (χ4v) is 2.92. The zero-order valence-electron chi connectivity index (χ0n) is 12.5. The van der Waals surface area contributed by atoms with Crippen molar-refractivity contribution >= 4 is 69.8 Å². The van der Waals surface area contributed by atoms with Crippen LogP contribution in [0.15, 0.2) is 30.3 Å². The number of halogens is 5. The van der Waals surface area contributed by atoms with E-state index in [1.165, 1.54) is 4.90 Å². The Hall–Kier alpha value is -0.910. The lowest BCUT2D eigenvalue weighted by atomic mass is 10.3. The summed E-state index contributed by atoms with van der Waals surface area (Å²) in [6.45, 7) is 1.58. The second-order valence-electron chi connectivity index (χ2n) is 4.76. The lowest BCUT2D eigenvalue weighted by Crippen LogP contribution is -2.29. The number of carbonyl (C=O) groups excluding carboxylic acids is 1. The summed E-state index contributed by atoms with van der Waals surface area (Å²) >= 11 is 29.8. The van der Waals surface area contributed by atoms with E-state index in [0.29, 0.717) is 11.4 Å². The number of aryl methyl sites for hydroxylation is 1. The summed E-state index contributed by atoms with van der Waals surface area (Å²) in [7, 11) is 1.55. The molecule has 4 nitrogen and oxygen atoms in total. The lowest BCUT2D eigenvalue weighted by molar-refractivity contribution is 0.209. The molecule has 128 valence electrons. The molecule has 2 aromatic rings. The molecule has 0 radical (unpaired) electrons. The van der Waals surface area contributed by atoms with Crippen LogP contribution in [0.5, 0.6) is 5.75 Å². The van der Waals surface area contributed by atoms with Crippen LogP contribution in [-0.4, -0.2) is 18.1 Å². The van der Waals surface area contributed by atoms with Crippen molar-refractivity contribution in [2.45, 2.75) is 10.7 Å². The first-order chi connectivity index (χ1) is 11.1. The van der Waals surface area contributed by atoms with E-state index in [1.54, 1.807) is 38.2 Å². The first-order valence-corrected chi connectivity index (χ1v) is 8.45. The van der Waals surface area contributed by atoms with Gasteiger partial charge in [0.1, 0.15) is 15.7 Å². The van der Waals surface area contributed by atoms with Gasteiger partial charge in [-0.1, -0.05) is 76.2 Å². The molecule has 24 heavy (non-hydrogen) atoms. The predicted molar refractivity (Wildman–Crippen MR) is 99.1 cm³/mol. The van der Waals surface area contributed by atoms with E-state index in [0.717, 1.165) is 0 Å². The van der Waals surface area contributed by atoms with E-state index in [-0.39, 0.29) is 21.5 Å². The molecule has 0 saturated heterocycles. The Morgan fingerprint density at radius 2 is 1.71 bits per heavy atom. The Morgan fingerprint density at radius 3 is 2.25 bits per heavy atom. The van der Waals surface area contributed by atoms with Gasteiger partial charge in [-0.15, -0.1) is 0 Å². The molecule has 0 bridgehead atoms. The van der Waals surface area contributed by atoms with Crippen molar-refractivity contribution in [3.63, 3.8) is 0 Å². The summed E-state index contributed by atoms with van der Waals surface area (Å²) in [6.07, 6.45) is -0.703. The van der Waals surface area contributed by atoms with Crippen LogP contribution in [0.2, 0.25) is 10.0 Å². The minimum Gasteiger partial charge on any atom is -0.407 e. The Bertz CT molecular complexity index is 763. The molecular weight excluding hydrogens is 417 g/mol. The standard InChI is InChI=1S/C15H11Cl5N2O2/c1-8-10(16)12(11(17)13(21-8)15(18,19)20)24-14(23)22(2)9-6-4-3-5-7-9/h3-7H,1-2H3. The molecule has 2 rings (SSSR count). The number of amides is 1. The molecule has 0 aliphatic carbocycles. The molecule has 0 fully saturated rings. The molecule has 0 spiro atoms. The molecule has 0 aliphatic heterocycles. The number of pyridine rings is 1. The van der Waals surface area contributed by atoms with Crippen molar-refractivity contribution < 1.29 is 9.53 Å². The number of anilines is 1. The highest BCUT2D eigenvalue weighted by molar-refractivity contribution is 6.67. The molecule has 9 heteroatoms.